The summed E-state index contributed by atoms with van der Waals surface area (Å²) in [4.78, 5) is 30.2. The highest BCUT2D eigenvalue weighted by Gasteiger charge is 2.32. The maximum absolute atomic E-state index is 14.0. The van der Waals surface area contributed by atoms with Crippen LogP contribution in [0.4, 0.5) is 19.3 Å². The Kier molecular flexibility index (Phi) is 8.33. The van der Waals surface area contributed by atoms with Crippen molar-refractivity contribution in [2.75, 3.05) is 11.4 Å². The number of halogens is 2. The van der Waals surface area contributed by atoms with E-state index in [9.17, 15) is 23.5 Å². The molecule has 180 valence electrons. The average molecular weight is 498 g/mol. The molecule has 1 fully saturated rings. The van der Waals surface area contributed by atoms with Crippen molar-refractivity contribution in [3.63, 3.8) is 0 Å². The van der Waals surface area contributed by atoms with Gasteiger partial charge in [0.05, 0.1) is 15.9 Å². The van der Waals surface area contributed by atoms with Gasteiger partial charge in [0.25, 0.3) is 0 Å². The Bertz CT molecular complexity index is 958. The number of thioether (sulfide) groups is 1. The lowest BCUT2D eigenvalue weighted by molar-refractivity contribution is -0.136. The predicted octanol–water partition coefficient (Wildman–Crippen LogP) is 5.99. The summed E-state index contributed by atoms with van der Waals surface area (Å²) in [7, 11) is 0. The van der Waals surface area contributed by atoms with Gasteiger partial charge in [-0.3, -0.25) is 9.88 Å². The molecule has 1 aromatic carbocycles. The van der Waals surface area contributed by atoms with Crippen LogP contribution in [-0.2, 0) is 4.79 Å². The summed E-state index contributed by atoms with van der Waals surface area (Å²) in [5, 5.41) is 10.9. The molecule has 0 saturated heterocycles. The van der Waals surface area contributed by atoms with Gasteiger partial charge >= 0.3 is 12.0 Å². The third-order valence-corrected chi connectivity index (χ3v) is 8.13. The smallest absolute Gasteiger partial charge is 0.337 e. The Morgan fingerprint density at radius 3 is 2.48 bits per heavy atom. The van der Waals surface area contributed by atoms with Gasteiger partial charge in [-0.05, 0) is 55.1 Å². The largest absolute Gasteiger partial charge is 0.479 e. The number of nitrogens with one attached hydrogen (secondary N) is 1. The summed E-state index contributed by atoms with van der Waals surface area (Å²) < 4.78 is 28.1. The first-order valence-corrected chi connectivity index (χ1v) is 12.6. The number of carbonyl (C=O) groups is 2. The highest BCUT2D eigenvalue weighted by atomic mass is 32.2. The Morgan fingerprint density at radius 2 is 1.94 bits per heavy atom. The molecule has 33 heavy (non-hydrogen) atoms. The number of carboxylic acid groups (broad SMARTS) is 1. The van der Waals surface area contributed by atoms with E-state index in [1.807, 2.05) is 0 Å². The number of hydrogen-bond donors (Lipinski definition) is 2. The number of carbonyl (C=O) groups excluding carboxylic acids is 1. The summed E-state index contributed by atoms with van der Waals surface area (Å²) in [5.41, 5.74) is 1.98. The number of hydrogen-bond acceptors (Lipinski definition) is 5. The summed E-state index contributed by atoms with van der Waals surface area (Å²) >= 11 is 2.23. The van der Waals surface area contributed by atoms with E-state index in [1.54, 1.807) is 5.51 Å². The molecule has 2 amide bonds. The van der Waals surface area contributed by atoms with E-state index < -0.39 is 29.0 Å². The van der Waals surface area contributed by atoms with Gasteiger partial charge in [-0.25, -0.2) is 18.4 Å². The van der Waals surface area contributed by atoms with E-state index in [-0.39, 0.29) is 17.0 Å². The summed E-state index contributed by atoms with van der Waals surface area (Å²) in [6.07, 6.45) is 5.40. The van der Waals surface area contributed by atoms with Crippen molar-refractivity contribution in [2.45, 2.75) is 56.0 Å². The number of rotatable bonds is 7. The van der Waals surface area contributed by atoms with E-state index in [4.69, 9.17) is 0 Å². The van der Waals surface area contributed by atoms with Crippen LogP contribution in [0.5, 0.6) is 0 Å². The molecule has 1 atom stereocenters. The van der Waals surface area contributed by atoms with Crippen molar-refractivity contribution in [1.29, 1.82) is 0 Å². The van der Waals surface area contributed by atoms with Crippen molar-refractivity contribution in [3.8, 4) is 0 Å². The number of aromatic nitrogens is 1. The van der Waals surface area contributed by atoms with E-state index >= 15 is 0 Å². The molecule has 2 N–H and O–H groups in total. The standard InChI is InChI=1S/C23H29F2N3O3S2/c1-23(2,3)15-6-4-14(5-7-15)12-28(16-8-9-17(24)18(25)10-16)22(31)27-20(21(29)30)33-19-11-26-13-32-19/h8-11,13-15,20H,4-7,12H2,1-3H3,(H,27,31)(H,29,30). The number of thiazole rings is 1. The van der Waals surface area contributed by atoms with Crippen LogP contribution in [0.15, 0.2) is 34.1 Å². The van der Waals surface area contributed by atoms with Gasteiger partial charge in [0.1, 0.15) is 0 Å². The molecule has 2 aromatic rings. The molecule has 3 rings (SSSR count). The number of urea groups is 1. The van der Waals surface area contributed by atoms with Crippen molar-refractivity contribution in [3.05, 3.63) is 41.5 Å². The topological polar surface area (TPSA) is 82.5 Å². The molecule has 0 spiro atoms. The van der Waals surface area contributed by atoms with Crippen LogP contribution in [0.3, 0.4) is 0 Å². The molecule has 1 aliphatic rings. The maximum Gasteiger partial charge on any atom is 0.337 e. The Labute approximate surface area is 200 Å². The Morgan fingerprint density at radius 1 is 1.24 bits per heavy atom. The summed E-state index contributed by atoms with van der Waals surface area (Å²) in [5.74, 6) is -2.51. The van der Waals surface area contributed by atoms with Gasteiger partial charge in [-0.2, -0.15) is 0 Å². The van der Waals surface area contributed by atoms with Crippen molar-refractivity contribution in [2.24, 2.45) is 17.3 Å². The average Bonchev–Trinajstić information content (AvgIpc) is 3.26. The zero-order chi connectivity index (χ0) is 24.2. The lowest BCUT2D eigenvalue weighted by Gasteiger charge is -2.38. The van der Waals surface area contributed by atoms with Crippen LogP contribution >= 0.6 is 23.1 Å². The summed E-state index contributed by atoms with van der Waals surface area (Å²) in [6.45, 7) is 6.98. The van der Waals surface area contributed by atoms with Crippen LogP contribution in [0.1, 0.15) is 46.5 Å². The molecule has 1 heterocycles. The third-order valence-electron chi connectivity index (χ3n) is 6.09. The number of carboxylic acids is 1. The molecular weight excluding hydrogens is 468 g/mol. The fraction of sp³-hybridized carbons (Fsp3) is 0.522. The first-order valence-electron chi connectivity index (χ1n) is 10.9. The summed E-state index contributed by atoms with van der Waals surface area (Å²) in [6, 6.07) is 2.62. The molecule has 10 heteroatoms. The van der Waals surface area contributed by atoms with Crippen LogP contribution in [0.25, 0.3) is 0 Å². The minimum Gasteiger partial charge on any atom is -0.479 e. The Balaban J connectivity index is 1.77. The zero-order valence-corrected chi connectivity index (χ0v) is 20.5. The van der Waals surface area contributed by atoms with Gasteiger partial charge in [-0.15, -0.1) is 11.3 Å². The molecule has 1 aromatic heterocycles. The predicted molar refractivity (Wildman–Crippen MR) is 127 cm³/mol. The molecule has 0 aliphatic heterocycles. The number of benzene rings is 1. The van der Waals surface area contributed by atoms with Crippen molar-refractivity contribution in [1.82, 2.24) is 10.3 Å². The van der Waals surface area contributed by atoms with E-state index in [0.29, 0.717) is 16.7 Å². The van der Waals surface area contributed by atoms with Crippen molar-refractivity contribution >= 4 is 40.8 Å². The van der Waals surface area contributed by atoms with E-state index in [1.165, 1.54) is 28.5 Å². The molecule has 0 radical (unpaired) electrons. The molecule has 1 aliphatic carbocycles. The normalized spacial score (nSPS) is 19.7. The number of nitrogens with zero attached hydrogens (tertiary/aromatic N) is 2. The van der Waals surface area contributed by atoms with Gasteiger partial charge in [-0.1, -0.05) is 32.5 Å². The van der Waals surface area contributed by atoms with E-state index in [0.717, 1.165) is 49.6 Å². The second-order valence-corrected chi connectivity index (χ2v) is 11.7. The fourth-order valence-corrected chi connectivity index (χ4v) is 5.74. The molecule has 6 nitrogen and oxygen atoms in total. The molecule has 0 bridgehead atoms. The fourth-order valence-electron chi connectivity index (χ4n) is 4.14. The second-order valence-electron chi connectivity index (χ2n) is 9.40. The van der Waals surface area contributed by atoms with Crippen LogP contribution in [0.2, 0.25) is 0 Å². The van der Waals surface area contributed by atoms with Gasteiger partial charge in [0, 0.05) is 18.3 Å². The maximum atomic E-state index is 14.0. The van der Waals surface area contributed by atoms with Gasteiger partial charge in [0.2, 0.25) is 0 Å². The highest BCUT2D eigenvalue weighted by molar-refractivity contribution is 8.02. The Hall–Kier alpha value is -2.20. The minimum absolute atomic E-state index is 0.180. The first-order chi connectivity index (χ1) is 15.5. The van der Waals surface area contributed by atoms with Crippen LogP contribution in [-0.4, -0.2) is 34.0 Å². The minimum atomic E-state index is -1.25. The number of aliphatic carboxylic acids is 1. The number of anilines is 1. The lowest BCUT2D eigenvalue weighted by Crippen LogP contribution is -2.48. The monoisotopic (exact) mass is 497 g/mol. The molecule has 1 saturated carbocycles. The highest BCUT2D eigenvalue weighted by Crippen LogP contribution is 2.40. The van der Waals surface area contributed by atoms with Gasteiger partial charge < -0.3 is 10.4 Å². The SMILES string of the molecule is CC(C)(C)C1CCC(CN(C(=O)NC(Sc2cncs2)C(=O)O)c2ccc(F)c(F)c2)CC1. The second kappa shape index (κ2) is 10.8. The molecular formula is C23H29F2N3O3S2. The first kappa shape index (κ1) is 25.4. The van der Waals surface area contributed by atoms with E-state index in [2.05, 4.69) is 31.1 Å². The zero-order valence-electron chi connectivity index (χ0n) is 18.9. The van der Waals surface area contributed by atoms with Crippen LogP contribution in [0, 0.1) is 28.9 Å². The third kappa shape index (κ3) is 6.89. The van der Waals surface area contributed by atoms with Crippen molar-refractivity contribution < 1.29 is 23.5 Å². The van der Waals surface area contributed by atoms with Gasteiger partial charge in [0.15, 0.2) is 17.0 Å². The molecule has 1 unspecified atom stereocenters. The van der Waals surface area contributed by atoms with Crippen LogP contribution < -0.4 is 10.2 Å². The quantitative estimate of drug-likeness (QED) is 0.363. The number of amides is 2. The lowest BCUT2D eigenvalue weighted by atomic mass is 9.70.